The first kappa shape index (κ1) is 10.9. The lowest BCUT2D eigenvalue weighted by Crippen LogP contribution is -2.44. The van der Waals surface area contributed by atoms with Gasteiger partial charge in [-0.25, -0.2) is 0 Å². The summed E-state index contributed by atoms with van der Waals surface area (Å²) >= 11 is 0. The molecule has 86 valence electrons. The van der Waals surface area contributed by atoms with Crippen LogP contribution in [-0.4, -0.2) is 34.6 Å². The molecular formula is C12H21NO2. The zero-order valence-corrected chi connectivity index (χ0v) is 9.48. The summed E-state index contributed by atoms with van der Waals surface area (Å²) in [6.45, 7) is 2.45. The van der Waals surface area contributed by atoms with Crippen LogP contribution in [-0.2, 0) is 4.79 Å². The van der Waals surface area contributed by atoms with E-state index in [-0.39, 0.29) is 18.1 Å². The molecule has 1 N–H and O–H groups in total. The first-order valence-electron chi connectivity index (χ1n) is 6.15. The molecule has 0 aromatic carbocycles. The van der Waals surface area contributed by atoms with Gasteiger partial charge in [0.1, 0.15) is 0 Å². The first-order valence-corrected chi connectivity index (χ1v) is 6.15. The summed E-state index contributed by atoms with van der Waals surface area (Å²) in [6, 6.07) is 0.102. The minimum absolute atomic E-state index is 0.102. The highest BCUT2D eigenvalue weighted by molar-refractivity contribution is 5.74. The van der Waals surface area contributed by atoms with Crippen molar-refractivity contribution >= 4 is 5.91 Å². The molecule has 3 nitrogen and oxygen atoms in total. The van der Waals surface area contributed by atoms with Crippen molar-refractivity contribution in [3.8, 4) is 0 Å². The normalized spacial score (nSPS) is 29.7. The molecule has 15 heavy (non-hydrogen) atoms. The number of carbonyl (C=O) groups excluding carboxylic acids is 1. The van der Waals surface area contributed by atoms with Crippen molar-refractivity contribution in [2.45, 2.75) is 57.6 Å². The van der Waals surface area contributed by atoms with Crippen molar-refractivity contribution in [3.63, 3.8) is 0 Å². The van der Waals surface area contributed by atoms with E-state index < -0.39 is 0 Å². The zero-order valence-electron chi connectivity index (χ0n) is 9.48. The molecule has 1 aliphatic heterocycles. The van der Waals surface area contributed by atoms with Crippen LogP contribution in [0.4, 0.5) is 0 Å². The van der Waals surface area contributed by atoms with E-state index in [2.05, 4.69) is 0 Å². The first-order chi connectivity index (χ1) is 7.20. The van der Waals surface area contributed by atoms with E-state index in [0.29, 0.717) is 5.92 Å². The van der Waals surface area contributed by atoms with Crippen LogP contribution in [0.1, 0.15) is 45.4 Å². The molecule has 2 fully saturated rings. The number of nitrogens with zero attached hydrogens (tertiary/aromatic N) is 1. The molecule has 0 aromatic heterocycles. The van der Waals surface area contributed by atoms with Crippen molar-refractivity contribution in [1.29, 1.82) is 0 Å². The Bertz CT molecular complexity index is 236. The van der Waals surface area contributed by atoms with Crippen molar-refractivity contribution in [1.82, 2.24) is 4.90 Å². The summed E-state index contributed by atoms with van der Waals surface area (Å²) in [5, 5.41) is 10.3. The van der Waals surface area contributed by atoms with E-state index in [0.717, 1.165) is 32.2 Å². The van der Waals surface area contributed by atoms with E-state index in [1.807, 2.05) is 4.90 Å². The van der Waals surface area contributed by atoms with Gasteiger partial charge < -0.3 is 10.0 Å². The zero-order chi connectivity index (χ0) is 10.8. The second kappa shape index (κ2) is 4.52. The lowest BCUT2D eigenvalue weighted by atomic mass is 9.93. The predicted molar refractivity (Wildman–Crippen MR) is 58.4 cm³/mol. The van der Waals surface area contributed by atoms with Crippen molar-refractivity contribution < 1.29 is 9.90 Å². The number of aliphatic hydroxyl groups excluding tert-OH is 1. The van der Waals surface area contributed by atoms with Crippen LogP contribution in [0.5, 0.6) is 0 Å². The fourth-order valence-electron chi connectivity index (χ4n) is 3.15. The fraction of sp³-hybridized carbons (Fsp3) is 0.917. The highest BCUT2D eigenvalue weighted by Gasteiger charge is 2.37. The number of carbonyl (C=O) groups is 1. The number of hydrogen-bond acceptors (Lipinski definition) is 2. The number of amides is 1. The predicted octanol–water partition coefficient (Wildman–Crippen LogP) is 1.55. The van der Waals surface area contributed by atoms with Crippen LogP contribution < -0.4 is 0 Å². The smallest absolute Gasteiger partial charge is 0.219 e. The summed E-state index contributed by atoms with van der Waals surface area (Å²) in [4.78, 5) is 13.3. The van der Waals surface area contributed by atoms with Gasteiger partial charge in [-0.1, -0.05) is 12.8 Å². The SMILES string of the molecule is CC(=O)N1CCCC1C(O)C1CCCC1. The Morgan fingerprint density at radius 1 is 1.27 bits per heavy atom. The third-order valence-corrected chi connectivity index (χ3v) is 3.98. The molecule has 1 saturated carbocycles. The molecule has 0 radical (unpaired) electrons. The maximum Gasteiger partial charge on any atom is 0.219 e. The minimum atomic E-state index is -0.279. The highest BCUT2D eigenvalue weighted by atomic mass is 16.3. The number of aliphatic hydroxyl groups is 1. The molecule has 3 heteroatoms. The molecule has 0 bridgehead atoms. The number of hydrogen-bond donors (Lipinski definition) is 1. The lowest BCUT2D eigenvalue weighted by Gasteiger charge is -2.31. The van der Waals surface area contributed by atoms with Gasteiger partial charge in [-0.15, -0.1) is 0 Å². The molecule has 2 rings (SSSR count). The number of rotatable bonds is 2. The van der Waals surface area contributed by atoms with Gasteiger partial charge in [-0.3, -0.25) is 4.79 Å². The van der Waals surface area contributed by atoms with Gasteiger partial charge in [0, 0.05) is 13.5 Å². The molecule has 1 amide bonds. The van der Waals surface area contributed by atoms with Crippen molar-refractivity contribution in [2.75, 3.05) is 6.54 Å². The molecule has 2 aliphatic rings. The van der Waals surface area contributed by atoms with Gasteiger partial charge in [-0.05, 0) is 31.6 Å². The summed E-state index contributed by atoms with van der Waals surface area (Å²) in [7, 11) is 0. The average Bonchev–Trinajstić information content (AvgIpc) is 2.88. The van der Waals surface area contributed by atoms with Gasteiger partial charge in [0.25, 0.3) is 0 Å². The summed E-state index contributed by atoms with van der Waals surface area (Å²) in [5.74, 6) is 0.560. The van der Waals surface area contributed by atoms with Crippen LogP contribution in [0, 0.1) is 5.92 Å². The molecule has 2 atom stereocenters. The minimum Gasteiger partial charge on any atom is -0.391 e. The summed E-state index contributed by atoms with van der Waals surface area (Å²) in [6.07, 6.45) is 6.53. The molecular weight excluding hydrogens is 190 g/mol. The van der Waals surface area contributed by atoms with E-state index in [1.165, 1.54) is 12.8 Å². The van der Waals surface area contributed by atoms with E-state index in [4.69, 9.17) is 0 Å². The van der Waals surface area contributed by atoms with E-state index >= 15 is 0 Å². The van der Waals surface area contributed by atoms with E-state index in [9.17, 15) is 9.90 Å². The monoisotopic (exact) mass is 211 g/mol. The van der Waals surface area contributed by atoms with Crippen LogP contribution in [0.3, 0.4) is 0 Å². The van der Waals surface area contributed by atoms with E-state index in [1.54, 1.807) is 6.92 Å². The van der Waals surface area contributed by atoms with Gasteiger partial charge in [0.15, 0.2) is 0 Å². The molecule has 2 unspecified atom stereocenters. The lowest BCUT2D eigenvalue weighted by molar-refractivity contribution is -0.132. The summed E-state index contributed by atoms with van der Waals surface area (Å²) < 4.78 is 0. The van der Waals surface area contributed by atoms with Crippen molar-refractivity contribution in [2.24, 2.45) is 5.92 Å². The Hall–Kier alpha value is -0.570. The Morgan fingerprint density at radius 3 is 2.53 bits per heavy atom. The van der Waals surface area contributed by atoms with Crippen LogP contribution in [0.25, 0.3) is 0 Å². The molecule has 1 saturated heterocycles. The van der Waals surface area contributed by atoms with Crippen LogP contribution in [0.2, 0.25) is 0 Å². The topological polar surface area (TPSA) is 40.5 Å². The maximum atomic E-state index is 11.4. The quantitative estimate of drug-likeness (QED) is 0.753. The third kappa shape index (κ3) is 2.17. The second-order valence-corrected chi connectivity index (χ2v) is 4.96. The molecule has 0 aromatic rings. The number of likely N-dealkylation sites (tertiary alicyclic amines) is 1. The standard InChI is InChI=1S/C12H21NO2/c1-9(14)13-8-4-7-11(13)12(15)10-5-2-3-6-10/h10-12,15H,2-8H2,1H3. The van der Waals surface area contributed by atoms with Gasteiger partial charge in [-0.2, -0.15) is 0 Å². The fourth-order valence-corrected chi connectivity index (χ4v) is 3.15. The van der Waals surface area contributed by atoms with Crippen LogP contribution >= 0.6 is 0 Å². The van der Waals surface area contributed by atoms with Gasteiger partial charge in [0.05, 0.1) is 12.1 Å². The third-order valence-electron chi connectivity index (χ3n) is 3.98. The van der Waals surface area contributed by atoms with Gasteiger partial charge >= 0.3 is 0 Å². The maximum absolute atomic E-state index is 11.4. The highest BCUT2D eigenvalue weighted by Crippen LogP contribution is 2.33. The Morgan fingerprint density at radius 2 is 1.93 bits per heavy atom. The molecule has 1 aliphatic carbocycles. The van der Waals surface area contributed by atoms with Gasteiger partial charge in [0.2, 0.25) is 5.91 Å². The molecule has 0 spiro atoms. The Labute approximate surface area is 91.5 Å². The van der Waals surface area contributed by atoms with Crippen molar-refractivity contribution in [3.05, 3.63) is 0 Å². The van der Waals surface area contributed by atoms with Crippen LogP contribution in [0.15, 0.2) is 0 Å². The summed E-state index contributed by atoms with van der Waals surface area (Å²) in [5.41, 5.74) is 0. The Balaban J connectivity index is 1.98. The molecule has 1 heterocycles. The Kier molecular flexibility index (Phi) is 3.29. The second-order valence-electron chi connectivity index (χ2n) is 4.96. The average molecular weight is 211 g/mol. The largest absolute Gasteiger partial charge is 0.391 e.